The second kappa shape index (κ2) is 21.3. The molecule has 30 heteroatoms. The van der Waals surface area contributed by atoms with Gasteiger partial charge in [-0.25, -0.2) is 0 Å². The summed E-state index contributed by atoms with van der Waals surface area (Å²) in [6.07, 6.45) is -53.8. The summed E-state index contributed by atoms with van der Waals surface area (Å²) in [5.41, 5.74) is -29.4. The molecule has 0 atom stereocenters. The van der Waals surface area contributed by atoms with Gasteiger partial charge >= 0.3 is 55.4 Å². The first-order chi connectivity index (χ1) is 35.3. The van der Waals surface area contributed by atoms with Crippen LogP contribution in [-0.2, 0) is 60.7 Å². The average molecular weight is 1150 g/mol. The minimum Gasteiger partial charge on any atom is -0.481 e. The minimum absolute atomic E-state index is 0.00839. The fourth-order valence-electron chi connectivity index (χ4n) is 8.04. The maximum absolute atomic E-state index is 14.2. The predicted molar refractivity (Wildman–Crippen MR) is 224 cm³/mol. The number of halogens is 24. The predicted octanol–water partition coefficient (Wildman–Crippen LogP) is 12.7. The number of ketones is 2. The summed E-state index contributed by atoms with van der Waals surface area (Å²) >= 11 is 0. The molecule has 5 aromatic carbocycles. The van der Waals surface area contributed by atoms with Crippen molar-refractivity contribution >= 4 is 45.5 Å². The van der Waals surface area contributed by atoms with Crippen molar-refractivity contribution in [3.05, 3.63) is 183 Å². The summed E-state index contributed by atoms with van der Waals surface area (Å²) in [7, 11) is 0. The molecule has 0 amide bonds. The molecular weight excluding hydrogens is 1120 g/mol. The molecule has 78 heavy (non-hydrogen) atoms. The first-order valence-electron chi connectivity index (χ1n) is 21.0. The Morgan fingerprint density at radius 3 is 0.859 bits per heavy atom. The smallest absolute Gasteiger partial charge is 0.416 e. The van der Waals surface area contributed by atoms with Gasteiger partial charge in [0.15, 0.2) is 6.20 Å². The number of aliphatic carboxylic acids is 1. The van der Waals surface area contributed by atoms with Gasteiger partial charge in [-0.05, 0) is 30.3 Å². The molecule has 0 bridgehead atoms. The van der Waals surface area contributed by atoms with E-state index in [1.807, 2.05) is 6.07 Å². The van der Waals surface area contributed by atoms with Crippen LogP contribution < -0.4 is 26.4 Å². The zero-order valence-electron chi connectivity index (χ0n) is 37.8. The van der Waals surface area contributed by atoms with E-state index in [2.05, 4.69) is 0 Å². The van der Waals surface area contributed by atoms with Gasteiger partial charge in [-0.3, -0.25) is 14.4 Å². The number of Topliss-reactive ketones (excluding diaryl/α,β-unsaturated/α-hetero) is 2. The molecule has 1 heterocycles. The minimum atomic E-state index is -6.13. The van der Waals surface area contributed by atoms with Crippen LogP contribution >= 0.6 is 0 Å². The van der Waals surface area contributed by atoms with Crippen molar-refractivity contribution in [2.75, 3.05) is 0 Å². The zero-order chi connectivity index (χ0) is 59.2. The lowest BCUT2D eigenvalue weighted by Gasteiger charge is -2.46. The highest BCUT2D eigenvalue weighted by atomic mass is 19.4. The van der Waals surface area contributed by atoms with Gasteiger partial charge in [0.2, 0.25) is 23.8 Å². The SMILES string of the molecule is FC(F)(F)c1cc([B-](c2cc(C(F)(F)F)cc(C(F)(F)F)c2)(c2cc(C(F)(F)F)cc(C(F)(F)F)c2)c2cc(C(F)(F)F)cc(C(F)(F)F)c2)cc(C(F)(F)F)c1.O=C(O)CC(=O)c1cccc[n+]1CC(=O)c1ccccc1. The molecule has 0 aliphatic heterocycles. The van der Waals surface area contributed by atoms with E-state index in [1.54, 1.807) is 42.6 Å². The van der Waals surface area contributed by atoms with Crippen molar-refractivity contribution in [2.45, 2.75) is 62.4 Å². The lowest BCUT2D eigenvalue weighted by molar-refractivity contribution is -0.685. The molecule has 418 valence electrons. The Hall–Kier alpha value is -7.56. The van der Waals surface area contributed by atoms with Crippen molar-refractivity contribution in [1.82, 2.24) is 0 Å². The molecule has 0 radical (unpaired) electrons. The normalized spacial score (nSPS) is 13.2. The number of hydrogen-bond donors (Lipinski definition) is 1. The first kappa shape index (κ1) is 61.3. The first-order valence-corrected chi connectivity index (χ1v) is 21.0. The van der Waals surface area contributed by atoms with Crippen LogP contribution in [0.3, 0.4) is 0 Å². The van der Waals surface area contributed by atoms with Crippen molar-refractivity contribution < 1.29 is 129 Å². The van der Waals surface area contributed by atoms with Crippen LogP contribution in [0.5, 0.6) is 0 Å². The van der Waals surface area contributed by atoms with E-state index < -0.39 is 213 Å². The highest BCUT2D eigenvalue weighted by Gasteiger charge is 2.47. The van der Waals surface area contributed by atoms with Gasteiger partial charge in [-0.1, -0.05) is 78.9 Å². The van der Waals surface area contributed by atoms with Crippen molar-refractivity contribution in [2.24, 2.45) is 0 Å². The maximum Gasteiger partial charge on any atom is 0.416 e. The van der Waals surface area contributed by atoms with E-state index in [0.717, 1.165) is 0 Å². The lowest BCUT2D eigenvalue weighted by Crippen LogP contribution is -2.75. The van der Waals surface area contributed by atoms with E-state index in [4.69, 9.17) is 5.11 Å². The number of nitrogens with zero attached hydrogens (tertiary/aromatic N) is 1. The summed E-state index contributed by atoms with van der Waals surface area (Å²) < 4.78 is 342. The third-order valence-electron chi connectivity index (χ3n) is 11.4. The molecule has 1 aromatic heterocycles. The number of carboxylic acids is 1. The molecule has 0 aliphatic rings. The fraction of sp³-hybridized carbons (Fsp3) is 0.208. The second-order valence-corrected chi connectivity index (χ2v) is 16.7. The largest absolute Gasteiger partial charge is 0.481 e. The van der Waals surface area contributed by atoms with E-state index >= 15 is 0 Å². The summed E-state index contributed by atoms with van der Waals surface area (Å²) in [6, 6.07) is 4.77. The summed E-state index contributed by atoms with van der Waals surface area (Å²) in [4.78, 5) is 34.7. The van der Waals surface area contributed by atoms with Crippen molar-refractivity contribution in [1.29, 1.82) is 0 Å². The van der Waals surface area contributed by atoms with Crippen LogP contribution in [0.2, 0.25) is 0 Å². The molecule has 6 rings (SSSR count). The van der Waals surface area contributed by atoms with E-state index in [9.17, 15) is 120 Å². The Morgan fingerprint density at radius 1 is 0.359 bits per heavy atom. The Morgan fingerprint density at radius 2 is 0.615 bits per heavy atom. The molecule has 1 N–H and O–H groups in total. The van der Waals surface area contributed by atoms with Gasteiger partial charge in [0, 0.05) is 17.7 Å². The number of carbonyl (C=O) groups is 3. The number of rotatable bonds is 10. The van der Waals surface area contributed by atoms with Crippen LogP contribution in [-0.4, -0.2) is 28.8 Å². The van der Waals surface area contributed by atoms with Crippen molar-refractivity contribution in [3.63, 3.8) is 0 Å². The van der Waals surface area contributed by atoms with Gasteiger partial charge in [0.1, 0.15) is 12.6 Å². The standard InChI is InChI=1S/C32H12BF24.C16H13NO4/c34-25(35,36)13-1-14(26(37,38)39)6-21(5-13)33(22-7-15(27(40,41)42)2-16(8-22)28(43,44)45,23-9-17(29(46,47)48)3-18(10-23)30(49,50)51)24-11-19(31(52,53)54)4-20(12-24)32(55,56)57;18-14(10-16(20)21)13-8-4-5-9-17(13)11-15(19)12-6-2-1-3-7-12/h1-12H;1-9H,10-11H2/q-1;/p+1. The maximum atomic E-state index is 14.2. The number of carboxylic acid groups (broad SMARTS) is 1. The highest BCUT2D eigenvalue weighted by Crippen LogP contribution is 2.41. The molecule has 0 unspecified atom stereocenters. The summed E-state index contributed by atoms with van der Waals surface area (Å²) in [5, 5.41) is 8.70. The van der Waals surface area contributed by atoms with E-state index in [0.29, 0.717) is 5.56 Å². The summed E-state index contributed by atoms with van der Waals surface area (Å²) in [5.74, 6) is -1.86. The zero-order valence-corrected chi connectivity index (χ0v) is 37.8. The molecule has 0 aliphatic carbocycles. The Balaban J connectivity index is 0.000000443. The lowest BCUT2D eigenvalue weighted by atomic mass is 9.12. The van der Waals surface area contributed by atoms with E-state index in [-0.39, 0.29) is 18.0 Å². The molecule has 0 saturated carbocycles. The van der Waals surface area contributed by atoms with Crippen LogP contribution in [0.1, 0.15) is 71.8 Å². The van der Waals surface area contributed by atoms with Gasteiger partial charge < -0.3 is 5.11 Å². The number of hydrogen-bond acceptors (Lipinski definition) is 3. The van der Waals surface area contributed by atoms with Crippen LogP contribution in [0.4, 0.5) is 105 Å². The number of benzene rings is 5. The number of pyridine rings is 1. The summed E-state index contributed by atoms with van der Waals surface area (Å²) in [6.45, 7) is -0.00839. The number of alkyl halides is 24. The average Bonchev–Trinajstić information content (AvgIpc) is 3.29. The molecule has 0 fully saturated rings. The quantitative estimate of drug-likeness (QED) is 0.0488. The van der Waals surface area contributed by atoms with Crippen LogP contribution in [0.25, 0.3) is 0 Å². The topological polar surface area (TPSA) is 75.3 Å². The van der Waals surface area contributed by atoms with Gasteiger partial charge in [-0.15, -0.1) is 0 Å². The highest BCUT2D eigenvalue weighted by molar-refractivity contribution is 7.20. The number of aromatic nitrogens is 1. The molecule has 6 aromatic rings. The fourth-order valence-corrected chi connectivity index (χ4v) is 8.04. The van der Waals surface area contributed by atoms with Gasteiger partial charge in [-0.2, -0.15) is 132 Å². The van der Waals surface area contributed by atoms with Gasteiger partial charge in [0.05, 0.1) is 44.5 Å². The molecule has 5 nitrogen and oxygen atoms in total. The molecular formula is C48H26BF24NO4. The Labute approximate surface area is 420 Å². The molecule has 0 spiro atoms. The Bertz CT molecular complexity index is 2770. The monoisotopic (exact) mass is 1150 g/mol. The third kappa shape index (κ3) is 14.3. The molecule has 0 saturated heterocycles. The van der Waals surface area contributed by atoms with Crippen LogP contribution in [0, 0.1) is 0 Å². The van der Waals surface area contributed by atoms with E-state index in [1.165, 1.54) is 10.6 Å². The third-order valence-corrected chi connectivity index (χ3v) is 11.4. The number of carbonyl (C=O) groups excluding carboxylic acids is 2. The van der Waals surface area contributed by atoms with Crippen LogP contribution in [0.15, 0.2) is 128 Å². The Kier molecular flexibility index (Phi) is 16.8. The second-order valence-electron chi connectivity index (χ2n) is 16.7. The van der Waals surface area contributed by atoms with Crippen molar-refractivity contribution in [3.8, 4) is 0 Å². The van der Waals surface area contributed by atoms with Gasteiger partial charge in [0.25, 0.3) is 0 Å².